The Morgan fingerprint density at radius 1 is 0.905 bits per heavy atom. The zero-order valence-electron chi connectivity index (χ0n) is 13.8. The molecule has 0 unspecified atom stereocenters. The van der Waals surface area contributed by atoms with Crippen molar-refractivity contribution in [3.63, 3.8) is 0 Å². The lowest BCUT2D eigenvalue weighted by Crippen LogP contribution is -2.45. The zero-order valence-corrected chi connectivity index (χ0v) is 13.8. The number of rotatable bonds is 2. The predicted molar refractivity (Wildman–Crippen MR) is 85.9 cm³/mol. The van der Waals surface area contributed by atoms with E-state index in [4.69, 9.17) is 0 Å². The van der Waals surface area contributed by atoms with Crippen LogP contribution in [-0.2, 0) is 0 Å². The Labute approximate surface area is 127 Å². The molecular formula is C18H27NO2. The molecule has 0 heterocycles. The smallest absolute Gasteiger partial charge is 0.252 e. The number of nitrogens with one attached hydrogen (secondary N) is 1. The topological polar surface area (TPSA) is 49.3 Å². The molecule has 3 heteroatoms. The maximum atomic E-state index is 12.7. The molecule has 1 aromatic carbocycles. The molecule has 0 spiro atoms. The average Bonchev–Trinajstić information content (AvgIpc) is 2.46. The highest BCUT2D eigenvalue weighted by atomic mass is 16.3. The third-order valence-electron chi connectivity index (χ3n) is 5.27. The molecule has 0 aromatic heterocycles. The molecule has 116 valence electrons. The molecule has 1 aliphatic rings. The van der Waals surface area contributed by atoms with Gasteiger partial charge in [0.05, 0.1) is 12.1 Å². The van der Waals surface area contributed by atoms with Crippen LogP contribution in [0.1, 0.15) is 63.9 Å². The van der Waals surface area contributed by atoms with Crippen molar-refractivity contribution in [2.45, 2.75) is 72.4 Å². The van der Waals surface area contributed by atoms with Crippen LogP contribution in [0.5, 0.6) is 0 Å². The summed E-state index contributed by atoms with van der Waals surface area (Å²) in [6.07, 6.45) is 3.38. The van der Waals surface area contributed by atoms with Gasteiger partial charge in [0.25, 0.3) is 5.91 Å². The van der Waals surface area contributed by atoms with E-state index in [0.29, 0.717) is 0 Å². The molecule has 1 amide bonds. The zero-order chi connectivity index (χ0) is 15.7. The van der Waals surface area contributed by atoms with Gasteiger partial charge in [0.2, 0.25) is 0 Å². The fourth-order valence-electron chi connectivity index (χ4n) is 3.36. The monoisotopic (exact) mass is 289 g/mol. The minimum Gasteiger partial charge on any atom is -0.391 e. The molecule has 2 N–H and O–H groups in total. The Kier molecular flexibility index (Phi) is 4.72. The normalized spacial score (nSPS) is 22.2. The summed E-state index contributed by atoms with van der Waals surface area (Å²) in [5.74, 6) is -0.0397. The molecule has 0 radical (unpaired) electrons. The predicted octanol–water partition coefficient (Wildman–Crippen LogP) is 3.26. The van der Waals surface area contributed by atoms with E-state index in [0.717, 1.165) is 42.4 Å². The number of aliphatic hydroxyl groups excluding tert-OH is 1. The fourth-order valence-corrected chi connectivity index (χ4v) is 3.36. The van der Waals surface area contributed by atoms with Gasteiger partial charge in [-0.15, -0.1) is 0 Å². The van der Waals surface area contributed by atoms with Gasteiger partial charge >= 0.3 is 0 Å². The summed E-state index contributed by atoms with van der Waals surface area (Å²) in [5.41, 5.74) is 6.53. The SMILES string of the molecule is Cc1c(C)c(C)c(C(=O)N[C@@H]2CCCC[C@H]2O)c(C)c1C. The van der Waals surface area contributed by atoms with Gasteiger partial charge in [-0.1, -0.05) is 12.8 Å². The molecule has 1 saturated carbocycles. The van der Waals surface area contributed by atoms with Gasteiger partial charge < -0.3 is 10.4 Å². The molecule has 2 atom stereocenters. The van der Waals surface area contributed by atoms with Crippen LogP contribution in [0.25, 0.3) is 0 Å². The van der Waals surface area contributed by atoms with Gasteiger partial charge in [-0.3, -0.25) is 4.79 Å². The van der Waals surface area contributed by atoms with Crippen molar-refractivity contribution in [1.29, 1.82) is 0 Å². The van der Waals surface area contributed by atoms with Crippen molar-refractivity contribution in [2.24, 2.45) is 0 Å². The highest BCUT2D eigenvalue weighted by molar-refractivity contribution is 5.98. The largest absolute Gasteiger partial charge is 0.391 e. The lowest BCUT2D eigenvalue weighted by Gasteiger charge is -2.29. The Morgan fingerprint density at radius 2 is 1.38 bits per heavy atom. The second-order valence-electron chi connectivity index (χ2n) is 6.43. The highest BCUT2D eigenvalue weighted by Crippen LogP contribution is 2.27. The van der Waals surface area contributed by atoms with Crippen LogP contribution in [-0.4, -0.2) is 23.2 Å². The molecule has 1 aromatic rings. The van der Waals surface area contributed by atoms with Crippen LogP contribution in [0, 0.1) is 34.6 Å². The third kappa shape index (κ3) is 2.98. The molecule has 3 nitrogen and oxygen atoms in total. The minimum atomic E-state index is -0.407. The summed E-state index contributed by atoms with van der Waals surface area (Å²) in [4.78, 5) is 12.7. The summed E-state index contributed by atoms with van der Waals surface area (Å²) >= 11 is 0. The Hall–Kier alpha value is -1.35. The number of carbonyl (C=O) groups excluding carboxylic acids is 1. The number of aliphatic hydroxyl groups is 1. The second kappa shape index (κ2) is 6.18. The first kappa shape index (κ1) is 16.0. The van der Waals surface area contributed by atoms with Crippen LogP contribution >= 0.6 is 0 Å². The van der Waals surface area contributed by atoms with Gasteiger partial charge in [-0.2, -0.15) is 0 Å². The number of carbonyl (C=O) groups is 1. The minimum absolute atomic E-state index is 0.0397. The molecule has 0 saturated heterocycles. The third-order valence-corrected chi connectivity index (χ3v) is 5.27. The van der Waals surface area contributed by atoms with Gasteiger partial charge in [-0.05, 0) is 75.3 Å². The first-order chi connectivity index (χ1) is 9.84. The van der Waals surface area contributed by atoms with Crippen molar-refractivity contribution in [1.82, 2.24) is 5.32 Å². The number of hydrogen-bond acceptors (Lipinski definition) is 2. The van der Waals surface area contributed by atoms with Crippen LogP contribution in [0.3, 0.4) is 0 Å². The lowest BCUT2D eigenvalue weighted by atomic mass is 9.88. The fraction of sp³-hybridized carbons (Fsp3) is 0.611. The first-order valence-electron chi connectivity index (χ1n) is 7.90. The lowest BCUT2D eigenvalue weighted by molar-refractivity contribution is 0.0716. The van der Waals surface area contributed by atoms with Gasteiger partial charge in [0.15, 0.2) is 0 Å². The van der Waals surface area contributed by atoms with E-state index in [9.17, 15) is 9.90 Å². The number of benzene rings is 1. The van der Waals surface area contributed by atoms with Crippen LogP contribution in [0.2, 0.25) is 0 Å². The second-order valence-corrected chi connectivity index (χ2v) is 6.43. The molecule has 21 heavy (non-hydrogen) atoms. The van der Waals surface area contributed by atoms with Crippen LogP contribution in [0.4, 0.5) is 0 Å². The average molecular weight is 289 g/mol. The summed E-state index contributed by atoms with van der Waals surface area (Å²) in [6.45, 7) is 10.3. The Balaban J connectivity index is 2.31. The van der Waals surface area contributed by atoms with Crippen LogP contribution < -0.4 is 5.32 Å². The van der Waals surface area contributed by atoms with E-state index < -0.39 is 6.10 Å². The maximum Gasteiger partial charge on any atom is 0.252 e. The van der Waals surface area contributed by atoms with Gasteiger partial charge in [-0.25, -0.2) is 0 Å². The quantitative estimate of drug-likeness (QED) is 0.878. The highest BCUT2D eigenvalue weighted by Gasteiger charge is 2.26. The van der Waals surface area contributed by atoms with Crippen molar-refractivity contribution < 1.29 is 9.90 Å². The van der Waals surface area contributed by atoms with E-state index in [2.05, 4.69) is 26.1 Å². The summed E-state index contributed by atoms with van der Waals surface area (Å²) in [5, 5.41) is 13.1. The summed E-state index contributed by atoms with van der Waals surface area (Å²) in [7, 11) is 0. The molecule has 0 aliphatic heterocycles. The standard InChI is InChI=1S/C18H27NO2/c1-10-11(2)13(4)17(14(5)12(10)3)18(21)19-15-8-6-7-9-16(15)20/h15-16,20H,6-9H2,1-5H3,(H,19,21)/t15-,16-/m1/s1. The van der Waals surface area contributed by atoms with Crippen LogP contribution in [0.15, 0.2) is 0 Å². The Bertz CT molecular complexity index is 534. The molecule has 2 rings (SSSR count). The number of amides is 1. The van der Waals surface area contributed by atoms with E-state index >= 15 is 0 Å². The van der Waals surface area contributed by atoms with Crippen molar-refractivity contribution in [2.75, 3.05) is 0 Å². The van der Waals surface area contributed by atoms with Crippen molar-refractivity contribution in [3.05, 3.63) is 33.4 Å². The molecule has 1 aliphatic carbocycles. The molecular weight excluding hydrogens is 262 g/mol. The maximum absolute atomic E-state index is 12.7. The van der Waals surface area contributed by atoms with E-state index in [1.54, 1.807) is 0 Å². The summed E-state index contributed by atoms with van der Waals surface area (Å²) < 4.78 is 0. The van der Waals surface area contributed by atoms with Crippen molar-refractivity contribution in [3.8, 4) is 0 Å². The molecule has 0 bridgehead atoms. The molecule has 1 fully saturated rings. The van der Waals surface area contributed by atoms with Gasteiger partial charge in [0.1, 0.15) is 0 Å². The van der Waals surface area contributed by atoms with Crippen molar-refractivity contribution >= 4 is 5.91 Å². The summed E-state index contributed by atoms with van der Waals surface area (Å²) in [6, 6.07) is -0.105. The van der Waals surface area contributed by atoms with E-state index in [1.165, 1.54) is 16.7 Å². The Morgan fingerprint density at radius 3 is 1.90 bits per heavy atom. The van der Waals surface area contributed by atoms with Gasteiger partial charge in [0, 0.05) is 5.56 Å². The first-order valence-corrected chi connectivity index (χ1v) is 7.90. The number of hydrogen-bond donors (Lipinski definition) is 2. The van der Waals surface area contributed by atoms with E-state index in [1.807, 2.05) is 13.8 Å². The van der Waals surface area contributed by atoms with E-state index in [-0.39, 0.29) is 11.9 Å².